The normalized spacial score (nSPS) is 27.2. The lowest BCUT2D eigenvalue weighted by atomic mass is 9.82. The Kier molecular flexibility index (Phi) is 2.33. The van der Waals surface area contributed by atoms with Crippen molar-refractivity contribution in [2.45, 2.75) is 39.7 Å². The highest BCUT2D eigenvalue weighted by molar-refractivity contribution is 5.80. The zero-order chi connectivity index (χ0) is 8.48. The fourth-order valence-electron chi connectivity index (χ4n) is 1.40. The van der Waals surface area contributed by atoms with Gasteiger partial charge in [0, 0.05) is 25.4 Å². The van der Waals surface area contributed by atoms with Crippen molar-refractivity contribution in [2.75, 3.05) is 6.54 Å². The van der Waals surface area contributed by atoms with Gasteiger partial charge in [-0.15, -0.1) is 0 Å². The summed E-state index contributed by atoms with van der Waals surface area (Å²) in [5.41, 5.74) is 0.218. The number of rotatable bonds is 0. The highest BCUT2D eigenvalue weighted by atomic mass is 16.1. The smallest absolute Gasteiger partial charge is 0.135 e. The van der Waals surface area contributed by atoms with Crippen LogP contribution in [0.5, 0.6) is 0 Å². The largest absolute Gasteiger partial charge is 0.313 e. The Bertz CT molecular complexity index is 157. The van der Waals surface area contributed by atoms with Crippen LogP contribution in [0, 0.1) is 5.41 Å². The zero-order valence-electron chi connectivity index (χ0n) is 7.61. The molecule has 0 aromatic heterocycles. The van der Waals surface area contributed by atoms with E-state index in [-0.39, 0.29) is 5.41 Å². The molecule has 0 aliphatic carbocycles. The van der Waals surface area contributed by atoms with E-state index >= 15 is 0 Å². The van der Waals surface area contributed by atoms with Gasteiger partial charge in [0.1, 0.15) is 5.78 Å². The molecule has 2 heteroatoms. The lowest BCUT2D eigenvalue weighted by Gasteiger charge is -2.34. The van der Waals surface area contributed by atoms with Crippen LogP contribution in [0.1, 0.15) is 33.6 Å². The molecular formula is C9H17NO. The highest BCUT2D eigenvalue weighted by Gasteiger charge is 2.28. The molecule has 2 nitrogen and oxygen atoms in total. The Hall–Kier alpha value is -0.370. The van der Waals surface area contributed by atoms with Crippen LogP contribution in [-0.2, 0) is 4.79 Å². The first kappa shape index (κ1) is 8.72. The third-order valence-electron chi connectivity index (χ3n) is 2.27. The van der Waals surface area contributed by atoms with E-state index in [1.807, 2.05) is 0 Å². The van der Waals surface area contributed by atoms with Crippen LogP contribution in [0.25, 0.3) is 0 Å². The maximum absolute atomic E-state index is 11.1. The van der Waals surface area contributed by atoms with Gasteiger partial charge in [0.05, 0.1) is 0 Å². The van der Waals surface area contributed by atoms with Gasteiger partial charge in [0.2, 0.25) is 0 Å². The predicted octanol–water partition coefficient (Wildman–Crippen LogP) is 1.35. The quantitative estimate of drug-likeness (QED) is 0.572. The summed E-state index contributed by atoms with van der Waals surface area (Å²) in [7, 11) is 0. The Morgan fingerprint density at radius 1 is 1.45 bits per heavy atom. The average molecular weight is 155 g/mol. The minimum Gasteiger partial charge on any atom is -0.313 e. The van der Waals surface area contributed by atoms with E-state index in [9.17, 15) is 4.79 Å². The Morgan fingerprint density at radius 3 is 2.45 bits per heavy atom. The molecule has 0 aromatic rings. The minimum atomic E-state index is 0.218. The number of carbonyl (C=O) groups excluding carboxylic acids is 1. The van der Waals surface area contributed by atoms with E-state index in [1.54, 1.807) is 0 Å². The Balaban J connectivity index is 2.53. The van der Waals surface area contributed by atoms with Gasteiger partial charge in [-0.2, -0.15) is 0 Å². The van der Waals surface area contributed by atoms with Crippen molar-refractivity contribution in [3.8, 4) is 0 Å². The second-order valence-corrected chi connectivity index (χ2v) is 4.37. The molecule has 1 aliphatic heterocycles. The molecule has 1 heterocycles. The lowest BCUT2D eigenvalue weighted by molar-refractivity contribution is -0.121. The van der Waals surface area contributed by atoms with Crippen molar-refractivity contribution in [1.29, 1.82) is 0 Å². The number of ketones is 1. The van der Waals surface area contributed by atoms with Gasteiger partial charge in [0.25, 0.3) is 0 Å². The fraction of sp³-hybridized carbons (Fsp3) is 0.889. The molecule has 1 fully saturated rings. The fourth-order valence-corrected chi connectivity index (χ4v) is 1.40. The molecule has 0 aromatic carbocycles. The minimum absolute atomic E-state index is 0.218. The number of hydrogen-bond acceptors (Lipinski definition) is 2. The van der Waals surface area contributed by atoms with E-state index in [2.05, 4.69) is 26.1 Å². The summed E-state index contributed by atoms with van der Waals surface area (Å²) in [6.07, 6.45) is 1.43. The second kappa shape index (κ2) is 2.94. The van der Waals surface area contributed by atoms with Crippen LogP contribution in [-0.4, -0.2) is 18.4 Å². The van der Waals surface area contributed by atoms with Gasteiger partial charge in [0.15, 0.2) is 0 Å². The first-order valence-corrected chi connectivity index (χ1v) is 4.25. The predicted molar refractivity (Wildman–Crippen MR) is 45.5 cm³/mol. The highest BCUT2D eigenvalue weighted by Crippen LogP contribution is 2.24. The number of carbonyl (C=O) groups is 1. The van der Waals surface area contributed by atoms with Crippen LogP contribution < -0.4 is 5.32 Å². The van der Waals surface area contributed by atoms with Crippen LogP contribution in [0.2, 0.25) is 0 Å². The van der Waals surface area contributed by atoms with Crippen molar-refractivity contribution < 1.29 is 4.79 Å². The van der Waals surface area contributed by atoms with Gasteiger partial charge < -0.3 is 5.32 Å². The molecule has 64 valence electrons. The Morgan fingerprint density at radius 2 is 2.09 bits per heavy atom. The molecule has 1 N–H and O–H groups in total. The lowest BCUT2D eigenvalue weighted by Crippen LogP contribution is -2.46. The van der Waals surface area contributed by atoms with Gasteiger partial charge in [-0.25, -0.2) is 0 Å². The molecule has 0 spiro atoms. The topological polar surface area (TPSA) is 29.1 Å². The molecule has 1 aliphatic rings. The van der Waals surface area contributed by atoms with Crippen LogP contribution in [0.15, 0.2) is 0 Å². The monoisotopic (exact) mass is 155 g/mol. The zero-order valence-corrected chi connectivity index (χ0v) is 7.61. The average Bonchev–Trinajstić information content (AvgIpc) is 1.86. The summed E-state index contributed by atoms with van der Waals surface area (Å²) < 4.78 is 0. The third kappa shape index (κ3) is 2.29. The van der Waals surface area contributed by atoms with E-state index < -0.39 is 0 Å². The molecule has 0 saturated carbocycles. The molecule has 1 rings (SSSR count). The van der Waals surface area contributed by atoms with Crippen LogP contribution >= 0.6 is 0 Å². The summed E-state index contributed by atoms with van der Waals surface area (Å²) in [6, 6.07) is 0.378. The number of hydrogen-bond donors (Lipinski definition) is 1. The Labute approximate surface area is 68.4 Å². The third-order valence-corrected chi connectivity index (χ3v) is 2.27. The SMILES string of the molecule is CC(C)(C)[C@@H]1CC(=O)CCN1. The first-order chi connectivity index (χ1) is 5.00. The first-order valence-electron chi connectivity index (χ1n) is 4.25. The van der Waals surface area contributed by atoms with Crippen molar-refractivity contribution >= 4 is 5.78 Å². The van der Waals surface area contributed by atoms with Gasteiger partial charge in [-0.3, -0.25) is 4.79 Å². The molecule has 0 bridgehead atoms. The molecule has 11 heavy (non-hydrogen) atoms. The number of piperidine rings is 1. The van der Waals surface area contributed by atoms with E-state index in [4.69, 9.17) is 0 Å². The van der Waals surface area contributed by atoms with Crippen molar-refractivity contribution in [1.82, 2.24) is 5.32 Å². The van der Waals surface area contributed by atoms with Crippen LogP contribution in [0.4, 0.5) is 0 Å². The van der Waals surface area contributed by atoms with Gasteiger partial charge in [-0.1, -0.05) is 20.8 Å². The van der Waals surface area contributed by atoms with E-state index in [0.717, 1.165) is 6.54 Å². The van der Waals surface area contributed by atoms with E-state index in [1.165, 1.54) is 0 Å². The molecule has 0 amide bonds. The van der Waals surface area contributed by atoms with Crippen LogP contribution in [0.3, 0.4) is 0 Å². The number of Topliss-reactive ketones (excluding diaryl/α,β-unsaturated/α-hetero) is 1. The maximum atomic E-state index is 11.1. The van der Waals surface area contributed by atoms with E-state index in [0.29, 0.717) is 24.7 Å². The molecule has 0 unspecified atom stereocenters. The van der Waals surface area contributed by atoms with Crippen molar-refractivity contribution in [3.63, 3.8) is 0 Å². The molecule has 0 radical (unpaired) electrons. The summed E-state index contributed by atoms with van der Waals surface area (Å²) in [4.78, 5) is 11.1. The summed E-state index contributed by atoms with van der Waals surface area (Å²) in [5.74, 6) is 0.406. The second-order valence-electron chi connectivity index (χ2n) is 4.37. The molecule has 1 saturated heterocycles. The van der Waals surface area contributed by atoms with Gasteiger partial charge in [-0.05, 0) is 5.41 Å². The molecular weight excluding hydrogens is 138 g/mol. The van der Waals surface area contributed by atoms with Crippen molar-refractivity contribution in [3.05, 3.63) is 0 Å². The molecule has 1 atom stereocenters. The summed E-state index contributed by atoms with van der Waals surface area (Å²) in [6.45, 7) is 7.37. The summed E-state index contributed by atoms with van der Waals surface area (Å²) >= 11 is 0. The maximum Gasteiger partial charge on any atom is 0.135 e. The summed E-state index contributed by atoms with van der Waals surface area (Å²) in [5, 5.41) is 3.37. The number of nitrogens with one attached hydrogen (secondary N) is 1. The standard InChI is InChI=1S/C9H17NO/c1-9(2,3)8-6-7(11)4-5-10-8/h8,10H,4-6H2,1-3H3/t8-/m0/s1. The van der Waals surface area contributed by atoms with Crippen molar-refractivity contribution in [2.24, 2.45) is 5.41 Å². The van der Waals surface area contributed by atoms with Gasteiger partial charge >= 0.3 is 0 Å².